The van der Waals surface area contributed by atoms with Crippen LogP contribution >= 0.6 is 0 Å². The predicted octanol–water partition coefficient (Wildman–Crippen LogP) is 2.82. The van der Waals surface area contributed by atoms with Gasteiger partial charge in [-0.3, -0.25) is 4.79 Å². The second-order valence-corrected chi connectivity index (χ2v) is 6.30. The van der Waals surface area contributed by atoms with Crippen molar-refractivity contribution < 1.29 is 14.7 Å². The highest BCUT2D eigenvalue weighted by Gasteiger charge is 2.26. The van der Waals surface area contributed by atoms with Gasteiger partial charge in [-0.15, -0.1) is 0 Å². The summed E-state index contributed by atoms with van der Waals surface area (Å²) < 4.78 is 0. The van der Waals surface area contributed by atoms with Crippen molar-refractivity contribution in [3.8, 4) is 0 Å². The van der Waals surface area contributed by atoms with Crippen molar-refractivity contribution in [2.24, 2.45) is 11.8 Å². The molecule has 0 saturated carbocycles. The molecule has 1 heterocycles. The smallest absolute Gasteiger partial charge is 0.335 e. The predicted molar refractivity (Wildman–Crippen MR) is 81.2 cm³/mol. The SMILES string of the molecule is CC(C)CC1CCN(C(=O)Cc2ccc(C(=O)O)cc2)C1. The summed E-state index contributed by atoms with van der Waals surface area (Å²) in [5.74, 6) is 0.505. The minimum absolute atomic E-state index is 0.143. The van der Waals surface area contributed by atoms with E-state index in [-0.39, 0.29) is 11.5 Å². The number of hydrogen-bond donors (Lipinski definition) is 1. The van der Waals surface area contributed by atoms with Gasteiger partial charge >= 0.3 is 5.97 Å². The van der Waals surface area contributed by atoms with E-state index in [1.165, 1.54) is 6.42 Å². The molecule has 4 heteroatoms. The molecule has 1 N–H and O–H groups in total. The second-order valence-electron chi connectivity index (χ2n) is 6.30. The number of hydrogen-bond acceptors (Lipinski definition) is 2. The van der Waals surface area contributed by atoms with E-state index in [1.54, 1.807) is 24.3 Å². The molecule has 1 atom stereocenters. The van der Waals surface area contributed by atoms with Gasteiger partial charge in [-0.2, -0.15) is 0 Å². The molecule has 4 nitrogen and oxygen atoms in total. The molecule has 1 saturated heterocycles. The highest BCUT2D eigenvalue weighted by molar-refractivity contribution is 5.87. The molecule has 114 valence electrons. The van der Waals surface area contributed by atoms with Crippen LogP contribution in [0.25, 0.3) is 0 Å². The second kappa shape index (κ2) is 6.74. The average Bonchev–Trinajstić information content (AvgIpc) is 2.87. The van der Waals surface area contributed by atoms with E-state index < -0.39 is 5.97 Å². The maximum Gasteiger partial charge on any atom is 0.335 e. The van der Waals surface area contributed by atoms with Crippen LogP contribution in [0.15, 0.2) is 24.3 Å². The van der Waals surface area contributed by atoms with Crippen LogP contribution in [0.4, 0.5) is 0 Å². The van der Waals surface area contributed by atoms with Crippen molar-refractivity contribution in [3.63, 3.8) is 0 Å². The van der Waals surface area contributed by atoms with Crippen LogP contribution in [0.1, 0.15) is 42.6 Å². The molecule has 1 unspecified atom stereocenters. The minimum Gasteiger partial charge on any atom is -0.478 e. The fourth-order valence-corrected chi connectivity index (χ4v) is 2.97. The molecule has 21 heavy (non-hydrogen) atoms. The van der Waals surface area contributed by atoms with Crippen molar-refractivity contribution in [3.05, 3.63) is 35.4 Å². The van der Waals surface area contributed by atoms with Gasteiger partial charge in [0.1, 0.15) is 0 Å². The first-order valence-corrected chi connectivity index (χ1v) is 7.55. The number of rotatable bonds is 5. The first-order valence-electron chi connectivity index (χ1n) is 7.55. The monoisotopic (exact) mass is 289 g/mol. The third-order valence-corrected chi connectivity index (χ3v) is 4.00. The van der Waals surface area contributed by atoms with Gasteiger partial charge in [0.15, 0.2) is 0 Å². The molecule has 1 aromatic rings. The number of benzene rings is 1. The number of likely N-dealkylation sites (tertiary alicyclic amines) is 1. The zero-order valence-corrected chi connectivity index (χ0v) is 12.7. The normalized spacial score (nSPS) is 18.2. The average molecular weight is 289 g/mol. The zero-order chi connectivity index (χ0) is 15.4. The van der Waals surface area contributed by atoms with Crippen LogP contribution in [0.2, 0.25) is 0 Å². The Kier molecular flexibility index (Phi) is 4.99. The first kappa shape index (κ1) is 15.5. The minimum atomic E-state index is -0.941. The largest absolute Gasteiger partial charge is 0.478 e. The van der Waals surface area contributed by atoms with Gasteiger partial charge in [0.05, 0.1) is 12.0 Å². The first-order chi connectivity index (χ1) is 9.95. The molecule has 1 fully saturated rings. The lowest BCUT2D eigenvalue weighted by atomic mass is 9.97. The van der Waals surface area contributed by atoms with E-state index in [1.807, 2.05) is 4.90 Å². The van der Waals surface area contributed by atoms with Crippen LogP contribution in [0, 0.1) is 11.8 Å². The van der Waals surface area contributed by atoms with E-state index in [4.69, 9.17) is 5.11 Å². The summed E-state index contributed by atoms with van der Waals surface area (Å²) in [4.78, 5) is 25.0. The molecule has 0 radical (unpaired) electrons. The number of carboxylic acid groups (broad SMARTS) is 1. The third-order valence-electron chi connectivity index (χ3n) is 4.00. The molecule has 1 amide bonds. The maximum atomic E-state index is 12.3. The number of aromatic carboxylic acids is 1. The van der Waals surface area contributed by atoms with E-state index in [0.29, 0.717) is 18.3 Å². The van der Waals surface area contributed by atoms with Gasteiger partial charge in [0.25, 0.3) is 0 Å². The Morgan fingerprint density at radius 3 is 2.52 bits per heavy atom. The van der Waals surface area contributed by atoms with Crippen LogP contribution in [-0.4, -0.2) is 35.0 Å². The lowest BCUT2D eigenvalue weighted by Gasteiger charge is -2.17. The molecule has 0 bridgehead atoms. The fourth-order valence-electron chi connectivity index (χ4n) is 2.97. The summed E-state index contributed by atoms with van der Waals surface area (Å²) in [5, 5.41) is 8.86. The third kappa shape index (κ3) is 4.31. The highest BCUT2D eigenvalue weighted by atomic mass is 16.4. The van der Waals surface area contributed by atoms with Gasteiger partial charge in [-0.25, -0.2) is 4.79 Å². The van der Waals surface area contributed by atoms with Gasteiger partial charge < -0.3 is 10.0 Å². The van der Waals surface area contributed by atoms with Crippen molar-refractivity contribution in [1.29, 1.82) is 0 Å². The van der Waals surface area contributed by atoms with Crippen LogP contribution < -0.4 is 0 Å². The zero-order valence-electron chi connectivity index (χ0n) is 12.7. The van der Waals surface area contributed by atoms with Crippen molar-refractivity contribution in [2.75, 3.05) is 13.1 Å². The van der Waals surface area contributed by atoms with E-state index in [0.717, 1.165) is 25.1 Å². The fraction of sp³-hybridized carbons (Fsp3) is 0.529. The van der Waals surface area contributed by atoms with Crippen molar-refractivity contribution in [1.82, 2.24) is 4.90 Å². The molecule has 0 aromatic heterocycles. The lowest BCUT2D eigenvalue weighted by molar-refractivity contribution is -0.129. The molecule has 1 aliphatic rings. The Balaban J connectivity index is 1.88. The standard InChI is InChI=1S/C17H23NO3/c1-12(2)9-14-7-8-18(11-14)16(19)10-13-3-5-15(6-4-13)17(20)21/h3-6,12,14H,7-11H2,1-2H3,(H,20,21). The van der Waals surface area contributed by atoms with E-state index >= 15 is 0 Å². The van der Waals surface area contributed by atoms with Gasteiger partial charge in [0, 0.05) is 13.1 Å². The Morgan fingerprint density at radius 2 is 1.95 bits per heavy atom. The number of nitrogens with zero attached hydrogens (tertiary/aromatic N) is 1. The Bertz CT molecular complexity index is 507. The quantitative estimate of drug-likeness (QED) is 0.906. The van der Waals surface area contributed by atoms with Crippen molar-refractivity contribution >= 4 is 11.9 Å². The lowest BCUT2D eigenvalue weighted by Crippen LogP contribution is -2.30. The molecule has 0 aliphatic carbocycles. The van der Waals surface area contributed by atoms with Crippen molar-refractivity contribution in [2.45, 2.75) is 33.1 Å². The maximum absolute atomic E-state index is 12.3. The number of carbonyl (C=O) groups excluding carboxylic acids is 1. The van der Waals surface area contributed by atoms with Crippen LogP contribution in [0.5, 0.6) is 0 Å². The Hall–Kier alpha value is -1.84. The molecule has 2 rings (SSSR count). The molecule has 1 aliphatic heterocycles. The van der Waals surface area contributed by atoms with Gasteiger partial charge in [-0.1, -0.05) is 26.0 Å². The highest BCUT2D eigenvalue weighted by Crippen LogP contribution is 2.23. The summed E-state index contributed by atoms with van der Waals surface area (Å²) >= 11 is 0. The summed E-state index contributed by atoms with van der Waals surface area (Å²) in [6.45, 7) is 6.15. The van der Waals surface area contributed by atoms with Crippen LogP contribution in [0.3, 0.4) is 0 Å². The summed E-state index contributed by atoms with van der Waals surface area (Å²) in [6.07, 6.45) is 2.63. The molecule has 0 spiro atoms. The molecular weight excluding hydrogens is 266 g/mol. The summed E-state index contributed by atoms with van der Waals surface area (Å²) in [6, 6.07) is 6.55. The number of amides is 1. The van der Waals surface area contributed by atoms with Gasteiger partial charge in [0.2, 0.25) is 5.91 Å². The topological polar surface area (TPSA) is 57.6 Å². The number of carbonyl (C=O) groups is 2. The summed E-state index contributed by atoms with van der Waals surface area (Å²) in [5.41, 5.74) is 1.13. The number of carboxylic acids is 1. The Labute approximate surface area is 125 Å². The van der Waals surface area contributed by atoms with E-state index in [9.17, 15) is 9.59 Å². The summed E-state index contributed by atoms with van der Waals surface area (Å²) in [7, 11) is 0. The van der Waals surface area contributed by atoms with E-state index in [2.05, 4.69) is 13.8 Å². The van der Waals surface area contributed by atoms with Gasteiger partial charge in [-0.05, 0) is 42.4 Å². The molecular formula is C17H23NO3. The van der Waals surface area contributed by atoms with Crippen LogP contribution in [-0.2, 0) is 11.2 Å². The molecule has 1 aromatic carbocycles. The Morgan fingerprint density at radius 1 is 1.29 bits per heavy atom.